The molecule has 2 aromatic carbocycles. The molecule has 0 amide bonds. The van der Waals surface area contributed by atoms with Gasteiger partial charge in [-0.2, -0.15) is 0 Å². The number of nitrogens with two attached hydrogens (primary N) is 1. The number of anilines is 1. The van der Waals surface area contributed by atoms with Gasteiger partial charge in [-0.15, -0.1) is 11.8 Å². The van der Waals surface area contributed by atoms with Gasteiger partial charge in [-0.25, -0.2) is 9.37 Å². The molecule has 0 bridgehead atoms. The van der Waals surface area contributed by atoms with Crippen molar-refractivity contribution >= 4 is 17.4 Å². The third-order valence-electron chi connectivity index (χ3n) is 4.92. The molecule has 1 aromatic heterocycles. The summed E-state index contributed by atoms with van der Waals surface area (Å²) in [5, 5.41) is 0. The lowest BCUT2D eigenvalue weighted by Crippen LogP contribution is -2.37. The Kier molecular flexibility index (Phi) is 6.18. The zero-order chi connectivity index (χ0) is 20.1. The van der Waals surface area contributed by atoms with Gasteiger partial charge in [-0.3, -0.25) is 0 Å². The molecule has 0 spiro atoms. The first-order valence-electron chi connectivity index (χ1n) is 9.61. The number of benzene rings is 2. The largest absolute Gasteiger partial charge is 0.399 e. The molecule has 2 atom stereocenters. The number of imidazole rings is 1. The highest BCUT2D eigenvalue weighted by Gasteiger charge is 2.41. The summed E-state index contributed by atoms with van der Waals surface area (Å²) < 4.78 is 27.8. The van der Waals surface area contributed by atoms with E-state index in [2.05, 4.69) is 4.98 Å². The highest BCUT2D eigenvalue weighted by atomic mass is 32.2. The van der Waals surface area contributed by atoms with Crippen molar-refractivity contribution < 1.29 is 13.9 Å². The van der Waals surface area contributed by atoms with Crippen molar-refractivity contribution in [2.45, 2.75) is 36.2 Å². The van der Waals surface area contributed by atoms with E-state index in [-0.39, 0.29) is 11.9 Å². The lowest BCUT2D eigenvalue weighted by Gasteiger charge is -2.28. The Morgan fingerprint density at radius 2 is 1.97 bits per heavy atom. The van der Waals surface area contributed by atoms with Crippen LogP contribution < -0.4 is 5.73 Å². The minimum atomic E-state index is -0.721. The molecule has 1 saturated heterocycles. The van der Waals surface area contributed by atoms with Gasteiger partial charge in [0.15, 0.2) is 5.79 Å². The van der Waals surface area contributed by atoms with Gasteiger partial charge >= 0.3 is 0 Å². The van der Waals surface area contributed by atoms with E-state index in [9.17, 15) is 4.39 Å². The lowest BCUT2D eigenvalue weighted by atomic mass is 10.0. The van der Waals surface area contributed by atoms with Gasteiger partial charge in [0.05, 0.1) is 25.6 Å². The van der Waals surface area contributed by atoms with E-state index >= 15 is 0 Å². The molecule has 0 aliphatic carbocycles. The zero-order valence-corrected chi connectivity index (χ0v) is 16.9. The molecule has 4 rings (SSSR count). The fraction of sp³-hybridized carbons (Fsp3) is 0.318. The summed E-state index contributed by atoms with van der Waals surface area (Å²) in [5.41, 5.74) is 7.57. The number of nitrogen functional groups attached to an aromatic ring is 1. The SMILES string of the molecule is Nc1ccc(SC[C@H]2CO[C@@](CCc3ccc(F)cc3)(Cn3ccnc3)O2)cc1. The van der Waals surface area contributed by atoms with E-state index in [4.69, 9.17) is 15.2 Å². The maximum absolute atomic E-state index is 13.2. The molecule has 5 nitrogen and oxygen atoms in total. The number of thioether (sulfide) groups is 1. The van der Waals surface area contributed by atoms with E-state index < -0.39 is 5.79 Å². The van der Waals surface area contributed by atoms with E-state index in [1.807, 2.05) is 47.2 Å². The number of nitrogens with zero attached hydrogens (tertiary/aromatic N) is 2. The fourth-order valence-electron chi connectivity index (χ4n) is 3.39. The predicted octanol–water partition coefficient (Wildman–Crippen LogP) is 4.14. The highest BCUT2D eigenvalue weighted by molar-refractivity contribution is 7.99. The van der Waals surface area contributed by atoms with E-state index in [0.717, 1.165) is 28.3 Å². The third kappa shape index (κ3) is 5.38. The van der Waals surface area contributed by atoms with Gasteiger partial charge in [0.25, 0.3) is 0 Å². The summed E-state index contributed by atoms with van der Waals surface area (Å²) in [5.74, 6) is -0.150. The smallest absolute Gasteiger partial charge is 0.187 e. The quantitative estimate of drug-likeness (QED) is 0.444. The summed E-state index contributed by atoms with van der Waals surface area (Å²) in [6, 6.07) is 14.4. The Morgan fingerprint density at radius 1 is 1.17 bits per heavy atom. The van der Waals surface area contributed by atoms with Gasteiger partial charge in [0.1, 0.15) is 5.82 Å². The van der Waals surface area contributed by atoms with Crippen molar-refractivity contribution in [1.82, 2.24) is 9.55 Å². The Hall–Kier alpha value is -2.35. The van der Waals surface area contributed by atoms with Crippen LogP contribution in [0.25, 0.3) is 0 Å². The van der Waals surface area contributed by atoms with Crippen LogP contribution >= 0.6 is 11.8 Å². The molecule has 1 fully saturated rings. The monoisotopic (exact) mass is 413 g/mol. The van der Waals surface area contributed by atoms with E-state index in [1.165, 1.54) is 12.1 Å². The summed E-state index contributed by atoms with van der Waals surface area (Å²) in [6.07, 6.45) is 6.84. The van der Waals surface area contributed by atoms with Gasteiger partial charge in [-0.1, -0.05) is 12.1 Å². The second kappa shape index (κ2) is 8.98. The maximum Gasteiger partial charge on any atom is 0.187 e. The molecule has 152 valence electrons. The van der Waals surface area contributed by atoms with Gasteiger partial charge in [0.2, 0.25) is 0 Å². The van der Waals surface area contributed by atoms with Crippen LogP contribution in [0, 0.1) is 5.82 Å². The standard InChI is InChI=1S/C22H24FN3O2S/c23-18-3-1-17(2-4-18)9-10-22(15-26-12-11-25-16-26)27-13-20(28-22)14-29-21-7-5-19(24)6-8-21/h1-8,11-12,16,20H,9-10,13-15,24H2/t20-,22-/m1/s1. The van der Waals surface area contributed by atoms with Crippen molar-refractivity contribution in [2.75, 3.05) is 18.1 Å². The molecular formula is C22H24FN3O2S. The van der Waals surface area contributed by atoms with E-state index in [1.54, 1.807) is 24.3 Å². The highest BCUT2D eigenvalue weighted by Crippen LogP contribution is 2.33. The third-order valence-corrected chi connectivity index (χ3v) is 6.06. The second-order valence-electron chi connectivity index (χ2n) is 7.20. The number of hydrogen-bond donors (Lipinski definition) is 1. The molecule has 29 heavy (non-hydrogen) atoms. The van der Waals surface area contributed by atoms with Crippen LogP contribution in [-0.2, 0) is 22.4 Å². The van der Waals surface area contributed by atoms with Crippen LogP contribution in [0.15, 0.2) is 72.1 Å². The van der Waals surface area contributed by atoms with Crippen LogP contribution in [0.1, 0.15) is 12.0 Å². The van der Waals surface area contributed by atoms with Crippen molar-refractivity contribution in [1.29, 1.82) is 0 Å². The summed E-state index contributed by atoms with van der Waals surface area (Å²) in [7, 11) is 0. The molecule has 1 aliphatic heterocycles. The predicted molar refractivity (Wildman–Crippen MR) is 112 cm³/mol. The average molecular weight is 414 g/mol. The van der Waals surface area contributed by atoms with Crippen LogP contribution in [0.2, 0.25) is 0 Å². The number of halogens is 1. The number of hydrogen-bond acceptors (Lipinski definition) is 5. The first-order valence-corrected chi connectivity index (χ1v) is 10.6. The van der Waals surface area contributed by atoms with Crippen LogP contribution in [-0.4, -0.2) is 33.8 Å². The summed E-state index contributed by atoms with van der Waals surface area (Å²) in [4.78, 5) is 5.28. The molecule has 2 N–H and O–H groups in total. The molecule has 0 radical (unpaired) electrons. The van der Waals surface area contributed by atoms with Crippen LogP contribution in [0.3, 0.4) is 0 Å². The summed E-state index contributed by atoms with van der Waals surface area (Å²) in [6.45, 7) is 1.11. The van der Waals surface area contributed by atoms with Crippen LogP contribution in [0.5, 0.6) is 0 Å². The number of aromatic nitrogens is 2. The molecule has 1 aliphatic rings. The van der Waals surface area contributed by atoms with Crippen molar-refractivity contribution in [3.05, 3.63) is 78.6 Å². The fourth-order valence-corrected chi connectivity index (χ4v) is 4.26. The van der Waals surface area contributed by atoms with Crippen molar-refractivity contribution in [3.8, 4) is 0 Å². The average Bonchev–Trinajstić information content (AvgIpc) is 3.38. The van der Waals surface area contributed by atoms with Gasteiger partial charge < -0.3 is 19.8 Å². The van der Waals surface area contributed by atoms with Crippen LogP contribution in [0.4, 0.5) is 10.1 Å². The number of rotatable bonds is 8. The zero-order valence-electron chi connectivity index (χ0n) is 16.0. The Balaban J connectivity index is 1.40. The Morgan fingerprint density at radius 3 is 2.69 bits per heavy atom. The first kappa shape index (κ1) is 19.9. The van der Waals surface area contributed by atoms with Gasteiger partial charge in [0, 0.05) is 35.2 Å². The molecule has 2 heterocycles. The molecular weight excluding hydrogens is 389 g/mol. The lowest BCUT2D eigenvalue weighted by molar-refractivity contribution is -0.180. The Labute approximate surface area is 174 Å². The summed E-state index contributed by atoms with van der Waals surface area (Å²) >= 11 is 1.73. The number of ether oxygens (including phenoxy) is 2. The minimum absolute atomic E-state index is 0.00528. The minimum Gasteiger partial charge on any atom is -0.399 e. The first-order chi connectivity index (χ1) is 14.1. The topological polar surface area (TPSA) is 62.3 Å². The maximum atomic E-state index is 13.2. The number of aryl methyl sites for hydroxylation is 1. The normalized spacial score (nSPS) is 21.5. The van der Waals surface area contributed by atoms with Crippen molar-refractivity contribution in [2.24, 2.45) is 0 Å². The van der Waals surface area contributed by atoms with Crippen molar-refractivity contribution in [3.63, 3.8) is 0 Å². The molecule has 3 aromatic rings. The second-order valence-corrected chi connectivity index (χ2v) is 8.30. The van der Waals surface area contributed by atoms with Gasteiger partial charge in [-0.05, 0) is 48.4 Å². The Bertz CT molecular complexity index is 903. The molecule has 0 unspecified atom stereocenters. The molecule has 0 saturated carbocycles. The van der Waals surface area contributed by atoms with E-state index in [0.29, 0.717) is 19.6 Å². The molecule has 7 heteroatoms.